The van der Waals surface area contributed by atoms with Crippen molar-refractivity contribution in [2.24, 2.45) is 0 Å². The Labute approximate surface area is 381 Å². The number of tetrazole rings is 1. The third-order valence-corrected chi connectivity index (χ3v) is 15.0. The molecule has 0 spiro atoms. The van der Waals surface area contributed by atoms with Crippen LogP contribution in [0.2, 0.25) is 0 Å². The van der Waals surface area contributed by atoms with Crippen LogP contribution in [0.3, 0.4) is 0 Å². The molecule has 0 unspecified atom stereocenters. The van der Waals surface area contributed by atoms with Gasteiger partial charge in [-0.25, -0.2) is 35.8 Å². The first kappa shape index (κ1) is 45.5. The first-order chi connectivity index (χ1) is 31.5. The molecule has 1 fully saturated rings. The fraction of sp³-hybridized carbons (Fsp3) is 0.289. The Balaban J connectivity index is 1.39. The third-order valence-electron chi connectivity index (χ3n) is 10.9. The number of carbonyl (C=O) groups is 1. The van der Waals surface area contributed by atoms with Crippen LogP contribution >= 0.6 is 0 Å². The van der Waals surface area contributed by atoms with Gasteiger partial charge >= 0.3 is 6.09 Å². The molecule has 21 heteroatoms. The molecule has 19 nitrogen and oxygen atoms in total. The monoisotopic (exact) mass is 936 g/mol. The summed E-state index contributed by atoms with van der Waals surface area (Å²) in [6, 6.07) is 26.9. The lowest BCUT2D eigenvalue weighted by atomic mass is 10.0. The molecule has 3 aromatic heterocycles. The van der Waals surface area contributed by atoms with Crippen molar-refractivity contribution in [2.45, 2.75) is 61.0 Å². The minimum Gasteiger partial charge on any atom is -0.497 e. The second-order valence-electron chi connectivity index (χ2n) is 16.5. The normalized spacial score (nSPS) is 13.5. The van der Waals surface area contributed by atoms with Crippen LogP contribution in [-0.2, 0) is 44.2 Å². The van der Waals surface area contributed by atoms with E-state index in [1.807, 2.05) is 0 Å². The maximum absolute atomic E-state index is 16.2. The van der Waals surface area contributed by atoms with Gasteiger partial charge in [-0.05, 0) is 102 Å². The number of sulfone groups is 1. The maximum atomic E-state index is 16.2. The van der Waals surface area contributed by atoms with Crippen molar-refractivity contribution in [1.29, 1.82) is 0 Å². The van der Waals surface area contributed by atoms with Gasteiger partial charge in [0.15, 0.2) is 21.3 Å². The van der Waals surface area contributed by atoms with E-state index in [9.17, 15) is 4.79 Å². The lowest BCUT2D eigenvalue weighted by molar-refractivity contribution is 0.0139. The molecule has 0 bridgehead atoms. The van der Waals surface area contributed by atoms with Gasteiger partial charge < -0.3 is 29.6 Å². The van der Waals surface area contributed by atoms with E-state index < -0.39 is 46.6 Å². The molecule has 2 N–H and O–H groups in total. The van der Waals surface area contributed by atoms with Crippen LogP contribution in [0.1, 0.15) is 37.5 Å². The lowest BCUT2D eigenvalue weighted by Gasteiger charge is -2.39. The lowest BCUT2D eigenvalue weighted by Crippen LogP contribution is -2.57. The van der Waals surface area contributed by atoms with Gasteiger partial charge in [-0.2, -0.15) is 4.31 Å². The molecule has 1 amide bonds. The molecule has 1 aliphatic rings. The quantitative estimate of drug-likeness (QED) is 0.134. The van der Waals surface area contributed by atoms with Gasteiger partial charge in [0.25, 0.3) is 0 Å². The van der Waals surface area contributed by atoms with Crippen LogP contribution in [0.5, 0.6) is 17.2 Å². The summed E-state index contributed by atoms with van der Waals surface area (Å²) in [5, 5.41) is 16.0. The largest absolute Gasteiger partial charge is 0.497 e. The molecule has 344 valence electrons. The SMILES string of the molecule is COc1ccc(CN(Cc2ccc(OC)cc2)S(=O)(=O)c2c(S(=O)(=O)C3CN(C(=O)OC(C)(C)C)C3)ccc(-c3cnc4ccc(N)nn34)c2-c2nnnn2Cc2ccc(OC)cc2)cc1. The number of amides is 1. The topological polar surface area (TPSA) is 229 Å². The number of nitrogens with zero attached hydrogens (tertiary/aromatic N) is 9. The van der Waals surface area contributed by atoms with Crippen LogP contribution in [0.15, 0.2) is 113 Å². The van der Waals surface area contributed by atoms with E-state index in [1.54, 1.807) is 113 Å². The number of nitrogens with two attached hydrogens (primary N) is 1. The Morgan fingerprint density at radius 2 is 1.33 bits per heavy atom. The van der Waals surface area contributed by atoms with E-state index in [0.29, 0.717) is 34.0 Å². The molecule has 0 saturated carbocycles. The van der Waals surface area contributed by atoms with Crippen LogP contribution in [0.4, 0.5) is 10.6 Å². The van der Waals surface area contributed by atoms with Crippen molar-refractivity contribution in [3.63, 3.8) is 0 Å². The van der Waals surface area contributed by atoms with Gasteiger partial charge in [-0.1, -0.05) is 42.5 Å². The number of imidazole rings is 1. The summed E-state index contributed by atoms with van der Waals surface area (Å²) in [7, 11) is -4.95. The number of aromatic nitrogens is 7. The number of carbonyl (C=O) groups excluding carboxylic acids is 1. The Bertz CT molecular complexity index is 3060. The average molecular weight is 937 g/mol. The van der Waals surface area contributed by atoms with E-state index >= 15 is 16.8 Å². The second kappa shape index (κ2) is 18.1. The first-order valence-electron chi connectivity index (χ1n) is 20.6. The molecule has 0 aliphatic carbocycles. The molecule has 66 heavy (non-hydrogen) atoms. The molecular formula is C45H48N10O9S2. The zero-order valence-corrected chi connectivity index (χ0v) is 38.7. The molecule has 4 heterocycles. The summed E-state index contributed by atoms with van der Waals surface area (Å²) in [6.07, 6.45) is 0.792. The van der Waals surface area contributed by atoms with E-state index in [1.165, 1.54) is 51.0 Å². The number of hydrogen-bond acceptors (Lipinski definition) is 15. The predicted molar refractivity (Wildman–Crippen MR) is 243 cm³/mol. The summed E-state index contributed by atoms with van der Waals surface area (Å²) in [5.74, 6) is 1.79. The zero-order chi connectivity index (χ0) is 47.0. The van der Waals surface area contributed by atoms with Gasteiger partial charge in [0.1, 0.15) is 38.8 Å². The molecule has 1 aliphatic heterocycles. The number of sulfonamides is 1. The maximum Gasteiger partial charge on any atom is 0.410 e. The number of anilines is 1. The first-order valence-corrected chi connectivity index (χ1v) is 23.6. The highest BCUT2D eigenvalue weighted by atomic mass is 32.2. The number of nitrogen functional groups attached to an aromatic ring is 1. The fourth-order valence-electron chi connectivity index (χ4n) is 7.46. The van der Waals surface area contributed by atoms with E-state index in [-0.39, 0.29) is 61.2 Å². The summed E-state index contributed by atoms with van der Waals surface area (Å²) >= 11 is 0. The van der Waals surface area contributed by atoms with Gasteiger partial charge in [-0.15, -0.1) is 10.2 Å². The minimum absolute atomic E-state index is 0.0372. The van der Waals surface area contributed by atoms with E-state index in [4.69, 9.17) is 24.7 Å². The molecular weight excluding hydrogens is 889 g/mol. The molecule has 0 radical (unpaired) electrons. The van der Waals surface area contributed by atoms with Crippen molar-refractivity contribution in [3.05, 3.63) is 120 Å². The van der Waals surface area contributed by atoms with Crippen molar-refractivity contribution in [2.75, 3.05) is 40.2 Å². The minimum atomic E-state index is -4.96. The number of hydrogen-bond donors (Lipinski definition) is 1. The van der Waals surface area contributed by atoms with Crippen molar-refractivity contribution >= 4 is 37.4 Å². The number of rotatable bonds is 15. The average Bonchev–Trinajstić information content (AvgIpc) is 3.91. The summed E-state index contributed by atoms with van der Waals surface area (Å²) in [6.45, 7) is 4.25. The Morgan fingerprint density at radius 3 is 1.88 bits per heavy atom. The standard InChI is InChI=1S/C45H48N10O9S2/c1-45(2,3)64-44(56)52-27-35(28-52)65(57,58)38-20-19-36(37-23-47-40-22-21-39(46)49-55(37)40)41(43-48-50-51-54(43)26-31-11-17-34(63-6)18-12-31)42(38)66(59,60)53(24-29-7-13-32(61-4)14-8-29)25-30-9-15-33(62-5)16-10-30/h7-23,35H,24-28H2,1-6H3,(H2,46,49). The molecule has 1 saturated heterocycles. The third kappa shape index (κ3) is 9.22. The van der Waals surface area contributed by atoms with E-state index in [0.717, 1.165) is 5.56 Å². The molecule has 0 atom stereocenters. The summed E-state index contributed by atoms with van der Waals surface area (Å²) in [5.41, 5.74) is 7.90. The highest BCUT2D eigenvalue weighted by Gasteiger charge is 2.46. The summed E-state index contributed by atoms with van der Waals surface area (Å²) < 4.78 is 88.5. The number of benzene rings is 4. The number of methoxy groups -OCH3 is 3. The molecule has 4 aromatic carbocycles. The van der Waals surface area contributed by atoms with Gasteiger partial charge in [0, 0.05) is 31.7 Å². The predicted octanol–water partition coefficient (Wildman–Crippen LogP) is 5.49. The molecule has 8 rings (SSSR count). The highest BCUT2D eigenvalue weighted by molar-refractivity contribution is 7.94. The van der Waals surface area contributed by atoms with Crippen LogP contribution in [0, 0.1) is 0 Å². The number of ether oxygens (including phenoxy) is 4. The van der Waals surface area contributed by atoms with Crippen molar-refractivity contribution < 1.29 is 40.6 Å². The van der Waals surface area contributed by atoms with Gasteiger partial charge in [0.05, 0.1) is 50.2 Å². The van der Waals surface area contributed by atoms with Gasteiger partial charge in [0.2, 0.25) is 10.0 Å². The van der Waals surface area contributed by atoms with Crippen molar-refractivity contribution in [3.8, 4) is 39.9 Å². The Hall–Kier alpha value is -7.10. The summed E-state index contributed by atoms with van der Waals surface area (Å²) in [4.78, 5) is 17.7. The van der Waals surface area contributed by atoms with Crippen LogP contribution < -0.4 is 19.9 Å². The second-order valence-corrected chi connectivity index (χ2v) is 20.6. The van der Waals surface area contributed by atoms with Gasteiger partial charge in [-0.3, -0.25) is 0 Å². The highest BCUT2D eigenvalue weighted by Crippen LogP contribution is 2.44. The van der Waals surface area contributed by atoms with Crippen LogP contribution in [-0.4, -0.2) is 112 Å². The number of fused-ring (bicyclic) bond motifs is 1. The Morgan fingerprint density at radius 1 is 0.773 bits per heavy atom. The van der Waals surface area contributed by atoms with Crippen LogP contribution in [0.25, 0.3) is 28.3 Å². The smallest absolute Gasteiger partial charge is 0.410 e. The van der Waals surface area contributed by atoms with E-state index in [2.05, 4.69) is 25.6 Å². The van der Waals surface area contributed by atoms with Crippen molar-refractivity contribution in [1.82, 2.24) is 44.0 Å². The number of likely N-dealkylation sites (tertiary alicyclic amines) is 1. The zero-order valence-electron chi connectivity index (χ0n) is 37.0. The molecule has 7 aromatic rings. The fourth-order valence-corrected chi connectivity index (χ4v) is 11.5. The Kier molecular flexibility index (Phi) is 12.4.